The van der Waals surface area contributed by atoms with E-state index >= 15 is 0 Å². The molecule has 3 heterocycles. The van der Waals surface area contributed by atoms with Gasteiger partial charge in [-0.05, 0) is 166 Å². The monoisotopic (exact) mass is 1110 g/mol. The zero-order valence-corrected chi connectivity index (χ0v) is 48.0. The van der Waals surface area contributed by atoms with Crippen molar-refractivity contribution in [2.45, 2.75) is 19.3 Å². The number of para-hydroxylation sites is 1. The summed E-state index contributed by atoms with van der Waals surface area (Å²) in [6.45, 7) is 4.86. The Hall–Kier alpha value is -11.3. The number of fused-ring (bicyclic) bond motifs is 16. The van der Waals surface area contributed by atoms with Crippen LogP contribution in [0.15, 0.2) is 298 Å². The van der Waals surface area contributed by atoms with Gasteiger partial charge < -0.3 is 4.90 Å². The third-order valence-corrected chi connectivity index (χ3v) is 18.2. The molecule has 17 rings (SSSR count). The van der Waals surface area contributed by atoms with Gasteiger partial charge in [-0.15, -0.1) is 0 Å². The first-order valence-electron chi connectivity index (χ1n) is 29.9. The normalized spacial score (nSPS) is 12.6. The van der Waals surface area contributed by atoms with Crippen molar-refractivity contribution in [3.8, 4) is 73.0 Å². The molecule has 0 saturated carbocycles. The van der Waals surface area contributed by atoms with E-state index in [4.69, 9.17) is 9.97 Å². The van der Waals surface area contributed by atoms with Crippen LogP contribution in [0.4, 0.5) is 17.1 Å². The summed E-state index contributed by atoms with van der Waals surface area (Å²) in [4.78, 5) is 17.7. The van der Waals surface area contributed by atoms with Gasteiger partial charge >= 0.3 is 0 Å². The molecule has 16 aromatic rings. The van der Waals surface area contributed by atoms with Crippen LogP contribution in [-0.4, -0.2) is 19.5 Å². The standard InChI is InChI=1S/C82H55N5/c1-82(2)73-40-37-57(54-35-38-61(39-36-54)86(60-27-13-6-14-28-60)62-46-58(52-21-7-3-8-22-52)45-59(47-62)53-23-9-4-10-24-53)48-71(73)77-67-33-19-20-34-68(67)80-78(79(77)82)72-49-69-65-31-17-15-29-63(65)64-30-16-18-32-66(64)70(69)50-75(72)87(80)76-51-74(55-41-43-83-44-42-55)84-81(85-76)56-25-11-5-12-26-56/h3-51H,1-2H3. The molecule has 0 amide bonds. The smallest absolute Gasteiger partial charge is 0.162 e. The molecule has 1 aliphatic rings. The Morgan fingerprint density at radius 2 is 0.851 bits per heavy atom. The van der Waals surface area contributed by atoms with Crippen LogP contribution in [-0.2, 0) is 5.41 Å². The summed E-state index contributed by atoms with van der Waals surface area (Å²) in [7, 11) is 0. The van der Waals surface area contributed by atoms with E-state index in [-0.39, 0.29) is 0 Å². The first-order valence-corrected chi connectivity index (χ1v) is 29.9. The highest BCUT2D eigenvalue weighted by Gasteiger charge is 2.40. The number of hydrogen-bond donors (Lipinski definition) is 0. The first-order chi connectivity index (χ1) is 42.9. The number of aromatic nitrogens is 4. The fourth-order valence-electron chi connectivity index (χ4n) is 14.2. The molecule has 0 fully saturated rings. The van der Waals surface area contributed by atoms with Crippen LogP contribution in [0.1, 0.15) is 25.0 Å². The Labute approximate surface area is 504 Å². The Kier molecular flexibility index (Phi) is 11.5. The van der Waals surface area contributed by atoms with Gasteiger partial charge in [0.15, 0.2) is 5.82 Å². The molecule has 408 valence electrons. The van der Waals surface area contributed by atoms with Crippen LogP contribution in [0.25, 0.3) is 138 Å². The zero-order valence-electron chi connectivity index (χ0n) is 48.0. The van der Waals surface area contributed by atoms with Crippen molar-refractivity contribution in [1.29, 1.82) is 0 Å². The molecule has 13 aromatic carbocycles. The van der Waals surface area contributed by atoms with Crippen molar-refractivity contribution in [3.63, 3.8) is 0 Å². The molecule has 0 unspecified atom stereocenters. The third kappa shape index (κ3) is 8.11. The van der Waals surface area contributed by atoms with Gasteiger partial charge in [0.2, 0.25) is 0 Å². The van der Waals surface area contributed by atoms with Gasteiger partial charge in [0.25, 0.3) is 0 Å². The van der Waals surface area contributed by atoms with Gasteiger partial charge in [-0.2, -0.15) is 0 Å². The summed E-state index contributed by atoms with van der Waals surface area (Å²) in [5, 5.41) is 12.2. The van der Waals surface area contributed by atoms with Crippen LogP contribution in [0.3, 0.4) is 0 Å². The lowest BCUT2D eigenvalue weighted by Crippen LogP contribution is -2.15. The molecule has 1 aliphatic carbocycles. The lowest BCUT2D eigenvalue weighted by atomic mass is 9.79. The maximum Gasteiger partial charge on any atom is 0.162 e. The minimum absolute atomic E-state index is 0.402. The Bertz CT molecular complexity index is 5270. The van der Waals surface area contributed by atoms with E-state index in [1.54, 1.807) is 0 Å². The quantitative estimate of drug-likeness (QED) is 0.135. The van der Waals surface area contributed by atoms with Crippen LogP contribution < -0.4 is 4.90 Å². The molecule has 0 saturated heterocycles. The number of rotatable bonds is 9. The molecule has 0 radical (unpaired) electrons. The summed E-state index contributed by atoms with van der Waals surface area (Å²) >= 11 is 0. The highest BCUT2D eigenvalue weighted by atomic mass is 15.1. The second kappa shape index (κ2) is 19.9. The lowest BCUT2D eigenvalue weighted by molar-refractivity contribution is 0.667. The zero-order chi connectivity index (χ0) is 57.7. The maximum absolute atomic E-state index is 5.60. The second-order valence-electron chi connectivity index (χ2n) is 23.5. The van der Waals surface area contributed by atoms with Crippen molar-refractivity contribution in [2.75, 3.05) is 4.90 Å². The van der Waals surface area contributed by atoms with Crippen molar-refractivity contribution in [1.82, 2.24) is 19.5 Å². The summed E-state index contributed by atoms with van der Waals surface area (Å²) < 4.78 is 2.46. The summed E-state index contributed by atoms with van der Waals surface area (Å²) in [5.41, 5.74) is 20.0. The number of anilines is 3. The Balaban J connectivity index is 0.891. The molecule has 0 aliphatic heterocycles. The molecule has 3 aromatic heterocycles. The largest absolute Gasteiger partial charge is 0.310 e. The highest BCUT2D eigenvalue weighted by Crippen LogP contribution is 2.58. The van der Waals surface area contributed by atoms with E-state index in [0.717, 1.165) is 72.8 Å². The maximum atomic E-state index is 5.60. The lowest BCUT2D eigenvalue weighted by Gasteiger charge is -2.27. The predicted octanol–water partition coefficient (Wildman–Crippen LogP) is 21.7. The molecule has 0 N–H and O–H groups in total. The van der Waals surface area contributed by atoms with Crippen LogP contribution in [0, 0.1) is 0 Å². The van der Waals surface area contributed by atoms with E-state index in [1.807, 2.05) is 30.6 Å². The first kappa shape index (κ1) is 50.3. The van der Waals surface area contributed by atoms with Gasteiger partial charge in [0.1, 0.15) is 5.82 Å². The predicted molar refractivity (Wildman–Crippen MR) is 364 cm³/mol. The third-order valence-electron chi connectivity index (χ3n) is 18.2. The second-order valence-corrected chi connectivity index (χ2v) is 23.5. The van der Waals surface area contributed by atoms with E-state index in [0.29, 0.717) is 5.82 Å². The number of pyridine rings is 1. The molecule has 5 heteroatoms. The fraction of sp³-hybridized carbons (Fsp3) is 0.0366. The van der Waals surface area contributed by atoms with E-state index < -0.39 is 5.41 Å². The van der Waals surface area contributed by atoms with Crippen molar-refractivity contribution in [2.24, 2.45) is 0 Å². The number of hydrogen-bond acceptors (Lipinski definition) is 4. The highest BCUT2D eigenvalue weighted by molar-refractivity contribution is 6.32. The SMILES string of the molecule is CC1(C)c2ccc(-c3ccc(N(c4ccccc4)c4cc(-c5ccccc5)cc(-c5ccccc5)c4)cc3)cc2-c2c1c1c3cc4c5ccccc5c5ccccc5c4cc3n(-c3cc(-c4ccncc4)nc(-c4ccccc4)n3)c1c1ccccc21. The van der Waals surface area contributed by atoms with Gasteiger partial charge in [0.05, 0.1) is 16.7 Å². The summed E-state index contributed by atoms with van der Waals surface area (Å²) in [6.07, 6.45) is 3.68. The molecule has 0 bridgehead atoms. The van der Waals surface area contributed by atoms with Crippen molar-refractivity contribution in [3.05, 3.63) is 309 Å². The molecular formula is C82H55N5. The molecule has 0 spiro atoms. The fourth-order valence-corrected chi connectivity index (χ4v) is 14.2. The Morgan fingerprint density at radius 3 is 1.47 bits per heavy atom. The van der Waals surface area contributed by atoms with Gasteiger partial charge in [-0.3, -0.25) is 9.55 Å². The Morgan fingerprint density at radius 1 is 0.345 bits per heavy atom. The van der Waals surface area contributed by atoms with E-state index in [2.05, 4.69) is 295 Å². The van der Waals surface area contributed by atoms with Gasteiger partial charge in [-0.25, -0.2) is 9.97 Å². The van der Waals surface area contributed by atoms with Crippen LogP contribution in [0.2, 0.25) is 0 Å². The van der Waals surface area contributed by atoms with Crippen LogP contribution >= 0.6 is 0 Å². The topological polar surface area (TPSA) is 46.8 Å². The van der Waals surface area contributed by atoms with E-state index in [1.165, 1.54) is 87.4 Å². The minimum atomic E-state index is -0.402. The summed E-state index contributed by atoms with van der Waals surface area (Å²) in [6, 6.07) is 104. The van der Waals surface area contributed by atoms with Crippen molar-refractivity contribution < 1.29 is 0 Å². The van der Waals surface area contributed by atoms with Crippen LogP contribution in [0.5, 0.6) is 0 Å². The van der Waals surface area contributed by atoms with Gasteiger partial charge in [-0.1, -0.05) is 220 Å². The average Bonchev–Trinajstić information content (AvgIpc) is 1.53. The minimum Gasteiger partial charge on any atom is -0.310 e. The number of benzene rings is 13. The van der Waals surface area contributed by atoms with Crippen molar-refractivity contribution >= 4 is 82.0 Å². The average molecular weight is 1110 g/mol. The molecular weight excluding hydrogens is 1050 g/mol. The van der Waals surface area contributed by atoms with E-state index in [9.17, 15) is 0 Å². The molecule has 5 nitrogen and oxygen atoms in total. The summed E-state index contributed by atoms with van der Waals surface area (Å²) in [5.74, 6) is 1.46. The molecule has 87 heavy (non-hydrogen) atoms. The molecule has 0 atom stereocenters. The number of nitrogens with zero attached hydrogens (tertiary/aromatic N) is 5. The van der Waals surface area contributed by atoms with Gasteiger partial charge in [0, 0.05) is 68.2 Å².